The van der Waals surface area contributed by atoms with Crippen molar-refractivity contribution in [3.8, 4) is 6.07 Å². The van der Waals surface area contributed by atoms with Crippen LogP contribution in [0, 0.1) is 24.2 Å². The van der Waals surface area contributed by atoms with Crippen LogP contribution in [0.1, 0.15) is 23.2 Å². The Balaban J connectivity index is 3.35. The SMILES string of the molecule is Cc1c(C(F)F)cc(C#N)nc1F. The van der Waals surface area contributed by atoms with E-state index >= 15 is 0 Å². The molecule has 0 bridgehead atoms. The van der Waals surface area contributed by atoms with Crippen LogP contribution in [-0.2, 0) is 0 Å². The predicted octanol–water partition coefficient (Wildman–Crippen LogP) is 2.34. The predicted molar refractivity (Wildman–Crippen MR) is 38.6 cm³/mol. The summed E-state index contributed by atoms with van der Waals surface area (Å²) in [5.41, 5.74) is -1.03. The summed E-state index contributed by atoms with van der Waals surface area (Å²) in [6.45, 7) is 1.20. The van der Waals surface area contributed by atoms with Crippen LogP contribution in [0.3, 0.4) is 0 Å². The second kappa shape index (κ2) is 3.44. The maximum atomic E-state index is 12.8. The fourth-order valence-corrected chi connectivity index (χ4v) is 0.880. The Morgan fingerprint density at radius 3 is 2.62 bits per heavy atom. The van der Waals surface area contributed by atoms with E-state index in [4.69, 9.17) is 5.26 Å². The summed E-state index contributed by atoms with van der Waals surface area (Å²) in [4.78, 5) is 3.17. The molecule has 0 aliphatic rings. The summed E-state index contributed by atoms with van der Waals surface area (Å²) in [7, 11) is 0. The number of nitriles is 1. The fraction of sp³-hybridized carbons (Fsp3) is 0.250. The van der Waals surface area contributed by atoms with Crippen molar-refractivity contribution in [1.82, 2.24) is 4.98 Å². The summed E-state index contributed by atoms with van der Waals surface area (Å²) in [6, 6.07) is 2.40. The number of alkyl halides is 2. The molecule has 0 atom stereocenters. The average molecular weight is 186 g/mol. The molecule has 1 heterocycles. The maximum Gasteiger partial charge on any atom is 0.264 e. The Bertz CT molecular complexity index is 368. The number of pyridine rings is 1. The van der Waals surface area contributed by atoms with Gasteiger partial charge in [-0.3, -0.25) is 0 Å². The summed E-state index contributed by atoms with van der Waals surface area (Å²) >= 11 is 0. The molecular formula is C8H5F3N2. The van der Waals surface area contributed by atoms with Gasteiger partial charge in [0.25, 0.3) is 6.43 Å². The van der Waals surface area contributed by atoms with E-state index in [0.717, 1.165) is 6.07 Å². The molecule has 0 aliphatic heterocycles. The highest BCUT2D eigenvalue weighted by molar-refractivity contribution is 5.32. The molecule has 0 amide bonds. The van der Waals surface area contributed by atoms with Gasteiger partial charge in [-0.25, -0.2) is 13.8 Å². The number of hydrogen-bond donors (Lipinski definition) is 0. The molecule has 0 spiro atoms. The van der Waals surface area contributed by atoms with Crippen LogP contribution in [0.25, 0.3) is 0 Å². The molecule has 0 saturated carbocycles. The molecule has 0 aliphatic carbocycles. The molecule has 0 unspecified atom stereocenters. The highest BCUT2D eigenvalue weighted by Crippen LogP contribution is 2.23. The first-order valence-electron chi connectivity index (χ1n) is 3.41. The zero-order valence-electron chi connectivity index (χ0n) is 6.68. The fourth-order valence-electron chi connectivity index (χ4n) is 0.880. The molecule has 0 aromatic carbocycles. The van der Waals surface area contributed by atoms with Crippen molar-refractivity contribution in [2.24, 2.45) is 0 Å². The lowest BCUT2D eigenvalue weighted by Crippen LogP contribution is -1.99. The van der Waals surface area contributed by atoms with Crippen molar-refractivity contribution in [3.05, 3.63) is 28.8 Å². The lowest BCUT2D eigenvalue weighted by atomic mass is 10.1. The second-order valence-electron chi connectivity index (χ2n) is 2.43. The third kappa shape index (κ3) is 1.78. The first-order chi connectivity index (χ1) is 6.06. The summed E-state index contributed by atoms with van der Waals surface area (Å²) in [5, 5.41) is 8.34. The average Bonchev–Trinajstić information content (AvgIpc) is 2.09. The summed E-state index contributed by atoms with van der Waals surface area (Å²) < 4.78 is 37.2. The molecule has 68 valence electrons. The Hall–Kier alpha value is -1.57. The summed E-state index contributed by atoms with van der Waals surface area (Å²) in [6.07, 6.45) is -2.79. The number of hydrogen-bond acceptors (Lipinski definition) is 2. The van der Waals surface area contributed by atoms with Crippen LogP contribution in [0.4, 0.5) is 13.2 Å². The molecule has 0 N–H and O–H groups in total. The minimum atomic E-state index is -2.79. The van der Waals surface area contributed by atoms with Crippen molar-refractivity contribution >= 4 is 0 Å². The largest absolute Gasteiger partial charge is 0.264 e. The van der Waals surface area contributed by atoms with Crippen LogP contribution in [0.2, 0.25) is 0 Å². The Labute approximate surface area is 72.6 Å². The van der Waals surface area contributed by atoms with E-state index in [1.54, 1.807) is 0 Å². The zero-order valence-corrected chi connectivity index (χ0v) is 6.68. The first-order valence-corrected chi connectivity index (χ1v) is 3.41. The van der Waals surface area contributed by atoms with Gasteiger partial charge in [0.1, 0.15) is 11.8 Å². The molecule has 13 heavy (non-hydrogen) atoms. The van der Waals surface area contributed by atoms with Gasteiger partial charge in [0.05, 0.1) is 0 Å². The quantitative estimate of drug-likeness (QED) is 0.631. The number of aromatic nitrogens is 1. The van der Waals surface area contributed by atoms with Crippen molar-refractivity contribution < 1.29 is 13.2 Å². The van der Waals surface area contributed by atoms with E-state index in [9.17, 15) is 13.2 Å². The Morgan fingerprint density at radius 2 is 2.15 bits per heavy atom. The maximum absolute atomic E-state index is 12.8. The smallest absolute Gasteiger partial charge is 0.209 e. The van der Waals surface area contributed by atoms with Crippen LogP contribution in [-0.4, -0.2) is 4.98 Å². The highest BCUT2D eigenvalue weighted by atomic mass is 19.3. The van der Waals surface area contributed by atoms with Gasteiger partial charge in [-0.15, -0.1) is 0 Å². The van der Waals surface area contributed by atoms with Crippen molar-refractivity contribution in [1.29, 1.82) is 5.26 Å². The Morgan fingerprint density at radius 1 is 1.54 bits per heavy atom. The van der Waals surface area contributed by atoms with E-state index in [2.05, 4.69) is 4.98 Å². The lowest BCUT2D eigenvalue weighted by molar-refractivity contribution is 0.149. The molecule has 0 fully saturated rings. The number of nitrogens with zero attached hydrogens (tertiary/aromatic N) is 2. The van der Waals surface area contributed by atoms with Gasteiger partial charge >= 0.3 is 0 Å². The molecule has 1 rings (SSSR count). The van der Waals surface area contributed by atoms with Crippen LogP contribution in [0.15, 0.2) is 6.07 Å². The standard InChI is InChI=1S/C8H5F3N2/c1-4-6(7(9)10)2-5(3-12)13-8(4)11/h2,7H,1H3. The van der Waals surface area contributed by atoms with Gasteiger partial charge in [-0.2, -0.15) is 9.65 Å². The van der Waals surface area contributed by atoms with E-state index in [-0.39, 0.29) is 11.3 Å². The van der Waals surface area contributed by atoms with E-state index < -0.39 is 17.9 Å². The van der Waals surface area contributed by atoms with Gasteiger partial charge in [0.2, 0.25) is 5.95 Å². The third-order valence-corrected chi connectivity index (χ3v) is 1.60. The third-order valence-electron chi connectivity index (χ3n) is 1.60. The van der Waals surface area contributed by atoms with Gasteiger partial charge in [-0.05, 0) is 13.0 Å². The highest BCUT2D eigenvalue weighted by Gasteiger charge is 2.15. The molecule has 1 aromatic rings. The van der Waals surface area contributed by atoms with Crippen LogP contribution < -0.4 is 0 Å². The monoisotopic (exact) mass is 186 g/mol. The van der Waals surface area contributed by atoms with Crippen LogP contribution >= 0.6 is 0 Å². The summed E-state index contributed by atoms with van der Waals surface area (Å²) in [5.74, 6) is -1.02. The number of rotatable bonds is 1. The molecule has 5 heteroatoms. The van der Waals surface area contributed by atoms with E-state index in [1.165, 1.54) is 13.0 Å². The molecular weight excluding hydrogens is 181 g/mol. The van der Waals surface area contributed by atoms with E-state index in [0.29, 0.717) is 0 Å². The molecule has 2 nitrogen and oxygen atoms in total. The minimum absolute atomic E-state index is 0.214. The van der Waals surface area contributed by atoms with Crippen molar-refractivity contribution in [2.45, 2.75) is 13.3 Å². The molecule has 1 aromatic heterocycles. The minimum Gasteiger partial charge on any atom is -0.209 e. The first kappa shape index (κ1) is 9.52. The number of halogens is 3. The van der Waals surface area contributed by atoms with Crippen molar-refractivity contribution in [3.63, 3.8) is 0 Å². The second-order valence-corrected chi connectivity index (χ2v) is 2.43. The lowest BCUT2D eigenvalue weighted by Gasteiger charge is -2.04. The van der Waals surface area contributed by atoms with Gasteiger partial charge in [-0.1, -0.05) is 0 Å². The molecule has 0 radical (unpaired) electrons. The van der Waals surface area contributed by atoms with Crippen molar-refractivity contribution in [2.75, 3.05) is 0 Å². The zero-order chi connectivity index (χ0) is 10.0. The van der Waals surface area contributed by atoms with Gasteiger partial charge in [0, 0.05) is 11.1 Å². The van der Waals surface area contributed by atoms with Gasteiger partial charge < -0.3 is 0 Å². The molecule has 0 saturated heterocycles. The Kier molecular flexibility index (Phi) is 2.52. The topological polar surface area (TPSA) is 36.7 Å². The normalized spacial score (nSPS) is 10.2. The van der Waals surface area contributed by atoms with Gasteiger partial charge in [0.15, 0.2) is 0 Å². The van der Waals surface area contributed by atoms with E-state index in [1.807, 2.05) is 0 Å². The van der Waals surface area contributed by atoms with Crippen LogP contribution in [0.5, 0.6) is 0 Å².